The first-order chi connectivity index (χ1) is 19.8. The van der Waals surface area contributed by atoms with E-state index in [0.29, 0.717) is 0 Å². The molecule has 0 fully saturated rings. The summed E-state index contributed by atoms with van der Waals surface area (Å²) in [6, 6.07) is 32.0. The Bertz CT molecular complexity index is 1680. The maximum absolute atomic E-state index is 4.61. The Labute approximate surface area is 271 Å². The summed E-state index contributed by atoms with van der Waals surface area (Å²) in [6.45, 7) is 19.9. The van der Waals surface area contributed by atoms with Gasteiger partial charge in [0.15, 0.2) is 0 Å². The Balaban J connectivity index is 0.000000194. The van der Waals surface area contributed by atoms with Crippen LogP contribution < -0.4 is 0 Å². The van der Waals surface area contributed by atoms with Crippen LogP contribution in [-0.4, -0.2) is 15.0 Å². The van der Waals surface area contributed by atoms with Crippen LogP contribution in [0, 0.1) is 19.1 Å². The van der Waals surface area contributed by atoms with Crippen LogP contribution in [0.1, 0.15) is 83.3 Å². The second-order valence-electron chi connectivity index (χ2n) is 13.8. The van der Waals surface area contributed by atoms with Gasteiger partial charge in [0.1, 0.15) is 0 Å². The zero-order chi connectivity index (χ0) is 30.3. The molecule has 3 nitrogen and oxygen atoms in total. The third kappa shape index (κ3) is 6.71. The first kappa shape index (κ1) is 32.5. The number of hydrogen-bond donors (Lipinski definition) is 0. The molecule has 1 aliphatic carbocycles. The fourth-order valence-corrected chi connectivity index (χ4v) is 5.64. The maximum atomic E-state index is 4.61. The molecule has 0 bridgehead atoms. The average Bonchev–Trinajstić information content (AvgIpc) is 3.19. The average molecular weight is 744 g/mol. The number of nitrogens with zero attached hydrogens (tertiary/aromatic N) is 3. The van der Waals surface area contributed by atoms with Gasteiger partial charge in [-0.05, 0) is 57.7 Å². The van der Waals surface area contributed by atoms with Crippen LogP contribution in [0.15, 0.2) is 85.2 Å². The number of hydrogen-bond acceptors (Lipinski definition) is 3. The van der Waals surface area contributed by atoms with E-state index in [1.54, 1.807) is 0 Å². The van der Waals surface area contributed by atoms with Crippen molar-refractivity contribution in [2.45, 2.75) is 78.6 Å². The molecule has 43 heavy (non-hydrogen) atoms. The van der Waals surface area contributed by atoms with E-state index in [-0.39, 0.29) is 36.4 Å². The van der Waals surface area contributed by atoms with E-state index < -0.39 is 0 Å². The van der Waals surface area contributed by atoms with Crippen LogP contribution in [0.2, 0.25) is 0 Å². The Hall–Kier alpha value is -3.46. The molecular weight excluding hydrogens is 703 g/mol. The minimum Gasteiger partial charge on any atom is -0.305 e. The number of pyridine rings is 1. The van der Waals surface area contributed by atoms with Crippen molar-refractivity contribution in [3.8, 4) is 33.8 Å². The Morgan fingerprint density at radius 2 is 1.35 bits per heavy atom. The van der Waals surface area contributed by atoms with Gasteiger partial charge in [0.05, 0.1) is 5.82 Å². The monoisotopic (exact) mass is 744 g/mol. The zero-order valence-electron chi connectivity index (χ0n) is 26.8. The Morgan fingerprint density at radius 3 is 2.05 bits per heavy atom. The van der Waals surface area contributed by atoms with E-state index in [1.165, 1.54) is 33.4 Å². The van der Waals surface area contributed by atoms with E-state index in [9.17, 15) is 0 Å². The molecule has 0 saturated carbocycles. The molecule has 5 aromatic rings. The third-order valence-corrected chi connectivity index (χ3v) is 8.10. The summed E-state index contributed by atoms with van der Waals surface area (Å²) in [5.41, 5.74) is 12.1. The Morgan fingerprint density at radius 1 is 0.698 bits per heavy atom. The second-order valence-corrected chi connectivity index (χ2v) is 13.8. The molecular formula is C39H41IrN3-2. The van der Waals surface area contributed by atoms with Crippen LogP contribution >= 0.6 is 0 Å². The summed E-state index contributed by atoms with van der Waals surface area (Å²) in [6.07, 6.45) is 3.72. The zero-order valence-corrected chi connectivity index (χ0v) is 29.2. The largest absolute Gasteiger partial charge is 0.305 e. The number of rotatable bonds is 2. The van der Waals surface area contributed by atoms with Crippen molar-refractivity contribution < 1.29 is 20.1 Å². The molecule has 0 spiro atoms. The van der Waals surface area contributed by atoms with E-state index >= 15 is 0 Å². The van der Waals surface area contributed by atoms with Gasteiger partial charge in [-0.15, -0.1) is 64.7 Å². The van der Waals surface area contributed by atoms with Crippen LogP contribution in [0.25, 0.3) is 33.8 Å². The Kier molecular flexibility index (Phi) is 9.26. The van der Waals surface area contributed by atoms with Gasteiger partial charge < -0.3 is 4.98 Å². The van der Waals surface area contributed by atoms with Crippen molar-refractivity contribution in [3.05, 3.63) is 125 Å². The molecule has 6 rings (SSSR count). The minimum absolute atomic E-state index is 0. The maximum Gasteiger partial charge on any atom is 0.0754 e. The minimum atomic E-state index is -0.0634. The summed E-state index contributed by atoms with van der Waals surface area (Å²) in [5.74, 6) is 0.762. The molecule has 2 aromatic heterocycles. The summed E-state index contributed by atoms with van der Waals surface area (Å²) in [4.78, 5) is 13.6. The van der Waals surface area contributed by atoms with Gasteiger partial charge in [0.2, 0.25) is 0 Å². The predicted molar refractivity (Wildman–Crippen MR) is 175 cm³/mol. The standard InChI is InChI=1S/C20H17N2.C19H24N.Ir/c1-13-11-12-21-19(22-13)16-9-6-8-15-14-7-4-5-10-17(14)20(2,3)18(15)16;1-18(2,3)15-9-7-8-14(12-15)17-13-16(10-11-20-17)19(4,5)6;/h4-8,10-12H,1-3H3;7,9-13H,1-6H3;/q2*-1;. The smallest absolute Gasteiger partial charge is 0.0754 e. The molecule has 0 atom stereocenters. The number of aryl methyl sites for hydroxylation is 1. The normalized spacial score (nSPS) is 13.2. The first-order valence-electron chi connectivity index (χ1n) is 14.7. The van der Waals surface area contributed by atoms with E-state index in [1.807, 2.05) is 37.5 Å². The molecule has 0 amide bonds. The second kappa shape index (κ2) is 12.3. The van der Waals surface area contributed by atoms with Crippen molar-refractivity contribution in [2.24, 2.45) is 0 Å². The molecule has 223 valence electrons. The van der Waals surface area contributed by atoms with Crippen molar-refractivity contribution in [1.82, 2.24) is 15.0 Å². The SMILES string of the molecule is CC(C)(C)c1cc[c-]c(-c2cc(C(C)(C)C)ccn2)c1.Cc1ccnc(-c2[c-]ccc3c2C(C)(C)c2ccccc2-3)n1.[Ir]. The van der Waals surface area contributed by atoms with E-state index in [2.05, 4.69) is 137 Å². The molecule has 1 aliphatic rings. The van der Waals surface area contributed by atoms with Crippen molar-refractivity contribution in [3.63, 3.8) is 0 Å². The fourth-order valence-electron chi connectivity index (χ4n) is 5.64. The van der Waals surface area contributed by atoms with Crippen LogP contribution in [0.4, 0.5) is 0 Å². The third-order valence-electron chi connectivity index (χ3n) is 8.10. The van der Waals surface area contributed by atoms with E-state index in [4.69, 9.17) is 0 Å². The summed E-state index contributed by atoms with van der Waals surface area (Å²) < 4.78 is 0. The quantitative estimate of drug-likeness (QED) is 0.169. The van der Waals surface area contributed by atoms with Gasteiger partial charge >= 0.3 is 0 Å². The molecule has 0 unspecified atom stereocenters. The number of fused-ring (bicyclic) bond motifs is 3. The van der Waals surface area contributed by atoms with Gasteiger partial charge in [-0.1, -0.05) is 91.3 Å². The van der Waals surface area contributed by atoms with Gasteiger partial charge in [-0.2, -0.15) is 0 Å². The first-order valence-corrected chi connectivity index (χ1v) is 14.7. The summed E-state index contributed by atoms with van der Waals surface area (Å²) >= 11 is 0. The van der Waals surface area contributed by atoms with Crippen LogP contribution in [0.3, 0.4) is 0 Å². The van der Waals surface area contributed by atoms with Gasteiger partial charge in [0, 0.05) is 38.2 Å². The summed E-state index contributed by atoms with van der Waals surface area (Å²) in [5, 5.41) is 0. The van der Waals surface area contributed by atoms with Gasteiger partial charge in [0.25, 0.3) is 0 Å². The summed E-state index contributed by atoms with van der Waals surface area (Å²) in [7, 11) is 0. The molecule has 0 N–H and O–H groups in total. The van der Waals surface area contributed by atoms with Gasteiger partial charge in [-0.25, -0.2) is 0 Å². The molecule has 0 saturated heterocycles. The van der Waals surface area contributed by atoms with Crippen molar-refractivity contribution in [2.75, 3.05) is 0 Å². The fraction of sp³-hybridized carbons (Fsp3) is 0.308. The predicted octanol–water partition coefficient (Wildman–Crippen LogP) is 9.70. The van der Waals surface area contributed by atoms with Crippen molar-refractivity contribution >= 4 is 0 Å². The molecule has 4 heteroatoms. The van der Waals surface area contributed by atoms with E-state index in [0.717, 1.165) is 28.3 Å². The molecule has 3 aromatic carbocycles. The number of aromatic nitrogens is 3. The molecule has 2 heterocycles. The van der Waals surface area contributed by atoms with Crippen LogP contribution in [0.5, 0.6) is 0 Å². The topological polar surface area (TPSA) is 38.7 Å². The van der Waals surface area contributed by atoms with Crippen LogP contribution in [-0.2, 0) is 36.4 Å². The molecule has 1 radical (unpaired) electrons. The van der Waals surface area contributed by atoms with Crippen molar-refractivity contribution in [1.29, 1.82) is 0 Å². The number of benzene rings is 3. The molecule has 0 aliphatic heterocycles. The van der Waals surface area contributed by atoms with Gasteiger partial charge in [-0.3, -0.25) is 9.97 Å².